The quantitative estimate of drug-likeness (QED) is 0.347. The minimum absolute atomic E-state index is 0.141. The molecule has 1 N–H and O–H groups in total. The van der Waals surface area contributed by atoms with Crippen molar-refractivity contribution in [1.82, 2.24) is 4.72 Å². The predicted octanol–water partition coefficient (Wildman–Crippen LogP) is 5.34. The Labute approximate surface area is 178 Å². The first-order chi connectivity index (χ1) is 12.4. The Hall–Kier alpha value is -0.443. The van der Waals surface area contributed by atoms with Crippen LogP contribution in [0.5, 0.6) is 0 Å². The lowest BCUT2D eigenvalue weighted by atomic mass is 9.88. The molecule has 160 valence electrons. The Bertz CT molecular complexity index is 685. The fourth-order valence-corrected chi connectivity index (χ4v) is 4.68. The largest absolute Gasteiger partial charge is 0.598 e. The van der Waals surface area contributed by atoms with Gasteiger partial charge in [-0.2, -0.15) is 0 Å². The summed E-state index contributed by atoms with van der Waals surface area (Å²) in [7, 11) is -2.35. The highest BCUT2D eigenvalue weighted by Gasteiger charge is 2.48. The van der Waals surface area contributed by atoms with Crippen LogP contribution in [0.15, 0.2) is 18.2 Å². The fraction of sp³-hybridized carbons (Fsp3) is 0.650. The SMILES string of the molecule is CC(C)(C)[S@+]([O-])N[C@@](C)(c1cc(F)cc(Cl)c1)[C@@H](C=O)O[Si](C)(C)C(C)(C)C. The minimum atomic E-state index is -2.35. The maximum absolute atomic E-state index is 14.1. The van der Waals surface area contributed by atoms with Crippen LogP contribution in [-0.4, -0.2) is 30.0 Å². The van der Waals surface area contributed by atoms with Crippen molar-refractivity contribution < 1.29 is 18.2 Å². The van der Waals surface area contributed by atoms with Gasteiger partial charge in [0, 0.05) is 16.4 Å². The number of hydrogen-bond donors (Lipinski definition) is 1. The maximum Gasteiger partial charge on any atom is 0.193 e. The van der Waals surface area contributed by atoms with E-state index in [1.54, 1.807) is 13.0 Å². The first kappa shape index (κ1) is 25.6. The first-order valence-corrected chi connectivity index (χ1v) is 13.7. The van der Waals surface area contributed by atoms with Gasteiger partial charge >= 0.3 is 0 Å². The second kappa shape index (κ2) is 8.74. The third-order valence-corrected chi connectivity index (χ3v) is 11.6. The van der Waals surface area contributed by atoms with Crippen LogP contribution in [0.1, 0.15) is 54.0 Å². The van der Waals surface area contributed by atoms with Crippen LogP contribution >= 0.6 is 11.6 Å². The molecule has 0 aliphatic heterocycles. The molecule has 0 spiro atoms. The van der Waals surface area contributed by atoms with Crippen LogP contribution in [0.2, 0.25) is 23.2 Å². The van der Waals surface area contributed by atoms with E-state index < -0.39 is 41.9 Å². The normalized spacial score (nSPS) is 17.7. The van der Waals surface area contributed by atoms with Crippen LogP contribution in [0.4, 0.5) is 4.39 Å². The second-order valence-electron chi connectivity index (χ2n) is 9.78. The molecule has 0 fully saturated rings. The molecule has 0 aliphatic carbocycles. The summed E-state index contributed by atoms with van der Waals surface area (Å²) in [6.07, 6.45) is -0.274. The van der Waals surface area contributed by atoms with Gasteiger partial charge in [0.05, 0.1) is 0 Å². The third kappa shape index (κ3) is 6.03. The van der Waals surface area contributed by atoms with Gasteiger partial charge in [-0.15, -0.1) is 4.72 Å². The van der Waals surface area contributed by atoms with E-state index in [4.69, 9.17) is 16.0 Å². The van der Waals surface area contributed by atoms with Gasteiger partial charge in [-0.3, -0.25) is 0 Å². The van der Waals surface area contributed by atoms with Gasteiger partial charge in [0.15, 0.2) is 8.32 Å². The zero-order valence-corrected chi connectivity index (χ0v) is 20.8. The highest BCUT2D eigenvalue weighted by molar-refractivity contribution is 7.90. The summed E-state index contributed by atoms with van der Waals surface area (Å²) >= 11 is 4.54. The first-order valence-electron chi connectivity index (χ1n) is 9.23. The van der Waals surface area contributed by atoms with Gasteiger partial charge in [0.1, 0.15) is 28.5 Å². The number of hydrogen-bond acceptors (Lipinski definition) is 4. The number of halogens is 2. The van der Waals surface area contributed by atoms with Crippen molar-refractivity contribution >= 4 is 37.6 Å². The fourth-order valence-electron chi connectivity index (χ4n) is 2.26. The summed E-state index contributed by atoms with van der Waals surface area (Å²) in [4.78, 5) is 12.2. The van der Waals surface area contributed by atoms with E-state index in [0.29, 0.717) is 11.8 Å². The number of rotatable bonds is 7. The molecule has 1 aromatic rings. The number of benzene rings is 1. The Morgan fingerprint density at radius 3 is 2.11 bits per heavy atom. The molecule has 0 bridgehead atoms. The molecule has 8 heteroatoms. The topological polar surface area (TPSA) is 61.4 Å². The van der Waals surface area contributed by atoms with Crippen molar-refractivity contribution in [2.45, 2.75) is 83.0 Å². The lowest BCUT2D eigenvalue weighted by molar-refractivity contribution is -0.117. The van der Waals surface area contributed by atoms with E-state index in [1.807, 2.05) is 33.9 Å². The molecule has 0 saturated carbocycles. The Morgan fingerprint density at radius 1 is 1.18 bits per heavy atom. The van der Waals surface area contributed by atoms with Crippen LogP contribution < -0.4 is 4.72 Å². The molecule has 0 amide bonds. The molecule has 1 rings (SSSR count). The van der Waals surface area contributed by atoms with Gasteiger partial charge in [-0.25, -0.2) is 4.39 Å². The molecule has 0 aromatic heterocycles. The highest BCUT2D eigenvalue weighted by Crippen LogP contribution is 2.40. The number of carbonyl (C=O) groups excluding carboxylic acids is 1. The molecule has 0 heterocycles. The molecule has 28 heavy (non-hydrogen) atoms. The third-order valence-electron chi connectivity index (χ3n) is 5.24. The second-order valence-corrected chi connectivity index (χ2v) is 16.9. The average Bonchev–Trinajstić information content (AvgIpc) is 2.49. The molecule has 0 aliphatic rings. The monoisotopic (exact) mass is 449 g/mol. The molecular formula is C20H33ClFNO3SSi. The smallest absolute Gasteiger partial charge is 0.193 e. The van der Waals surface area contributed by atoms with E-state index in [2.05, 4.69) is 25.5 Å². The summed E-state index contributed by atoms with van der Waals surface area (Å²) in [6.45, 7) is 17.4. The van der Waals surface area contributed by atoms with Crippen molar-refractivity contribution in [1.29, 1.82) is 0 Å². The van der Waals surface area contributed by atoms with Gasteiger partial charge in [0.25, 0.3) is 0 Å². The van der Waals surface area contributed by atoms with E-state index in [0.717, 1.165) is 0 Å². The standard InChI is InChI=1S/C20H33ClFNO3SSi/c1-18(2,3)27(25)23-20(7,14-10-15(21)12-16(22)11-14)17(13-24)26-28(8,9)19(4,5)6/h10-13,17,23H,1-9H3/t17-,20+,27+/m1/s1. The summed E-state index contributed by atoms with van der Waals surface area (Å²) in [5.41, 5.74) is -0.827. The lowest BCUT2D eigenvalue weighted by Crippen LogP contribution is -2.60. The van der Waals surface area contributed by atoms with E-state index >= 15 is 0 Å². The molecule has 1 aromatic carbocycles. The van der Waals surface area contributed by atoms with Gasteiger partial charge < -0.3 is 13.8 Å². The van der Waals surface area contributed by atoms with Crippen LogP contribution in [0, 0.1) is 5.82 Å². The van der Waals surface area contributed by atoms with Gasteiger partial charge in [-0.05, 0) is 69.6 Å². The summed E-state index contributed by atoms with van der Waals surface area (Å²) in [5, 5.41) is 0.0549. The molecule has 0 saturated heterocycles. The highest BCUT2D eigenvalue weighted by atomic mass is 35.5. The zero-order valence-electron chi connectivity index (χ0n) is 18.3. The Morgan fingerprint density at radius 2 is 1.71 bits per heavy atom. The van der Waals surface area contributed by atoms with Gasteiger partial charge in [-0.1, -0.05) is 32.4 Å². The summed E-state index contributed by atoms with van der Waals surface area (Å²) in [5.74, 6) is -0.533. The number of aldehydes is 1. The van der Waals surface area contributed by atoms with E-state index in [1.165, 1.54) is 12.1 Å². The summed E-state index contributed by atoms with van der Waals surface area (Å²) in [6, 6.07) is 4.06. The summed E-state index contributed by atoms with van der Waals surface area (Å²) < 4.78 is 35.9. The number of nitrogens with one attached hydrogen (secondary N) is 1. The lowest BCUT2D eigenvalue weighted by Gasteiger charge is -2.44. The van der Waals surface area contributed by atoms with Crippen molar-refractivity contribution in [3.8, 4) is 0 Å². The predicted molar refractivity (Wildman–Crippen MR) is 118 cm³/mol. The van der Waals surface area contributed by atoms with E-state index in [-0.39, 0.29) is 10.1 Å². The van der Waals surface area contributed by atoms with Crippen LogP contribution in [0.3, 0.4) is 0 Å². The van der Waals surface area contributed by atoms with Crippen LogP contribution in [0.25, 0.3) is 0 Å². The average molecular weight is 450 g/mol. The van der Waals surface area contributed by atoms with Crippen molar-refractivity contribution in [2.24, 2.45) is 0 Å². The minimum Gasteiger partial charge on any atom is -0.598 e. The van der Waals surface area contributed by atoms with Crippen molar-refractivity contribution in [3.63, 3.8) is 0 Å². The number of carbonyl (C=O) groups is 1. The van der Waals surface area contributed by atoms with Crippen molar-refractivity contribution in [2.75, 3.05) is 0 Å². The molecule has 3 atom stereocenters. The van der Waals surface area contributed by atoms with E-state index in [9.17, 15) is 13.7 Å². The Balaban J connectivity index is 3.53. The maximum atomic E-state index is 14.1. The van der Waals surface area contributed by atoms with Crippen molar-refractivity contribution in [3.05, 3.63) is 34.6 Å². The Kier molecular flexibility index (Phi) is 7.99. The molecular weight excluding hydrogens is 417 g/mol. The molecule has 4 nitrogen and oxygen atoms in total. The zero-order chi connectivity index (χ0) is 22.1. The molecule has 0 unspecified atom stereocenters. The molecule has 0 radical (unpaired) electrons. The van der Waals surface area contributed by atoms with Crippen LogP contribution in [-0.2, 0) is 26.1 Å². The van der Waals surface area contributed by atoms with Gasteiger partial charge in [0.2, 0.25) is 0 Å².